The minimum absolute atomic E-state index is 0.671. The monoisotopic (exact) mass is 158 g/mol. The maximum absolute atomic E-state index is 2.49. The third kappa shape index (κ3) is 0.512. The molecule has 0 radical (unpaired) electrons. The van der Waals surface area contributed by atoms with Crippen molar-refractivity contribution in [2.75, 3.05) is 0 Å². The van der Waals surface area contributed by atoms with Crippen molar-refractivity contribution in [2.45, 2.75) is 32.1 Å². The lowest BCUT2D eigenvalue weighted by molar-refractivity contribution is 0.566. The van der Waals surface area contributed by atoms with Gasteiger partial charge in [-0.3, -0.25) is 0 Å². The van der Waals surface area contributed by atoms with Crippen molar-refractivity contribution in [3.8, 4) is 0 Å². The zero-order valence-electron chi connectivity index (χ0n) is 7.34. The highest BCUT2D eigenvalue weighted by Crippen LogP contribution is 2.70. The Hall–Kier alpha value is -0.520. The largest absolute Gasteiger partial charge is 0.0833 e. The van der Waals surface area contributed by atoms with Gasteiger partial charge in [-0.1, -0.05) is 23.3 Å². The smallest absolute Gasteiger partial charge is 0.0163 e. The Morgan fingerprint density at radius 3 is 3.08 bits per heavy atom. The van der Waals surface area contributed by atoms with Crippen LogP contribution in [0.4, 0.5) is 0 Å². The highest BCUT2D eigenvalue weighted by Gasteiger charge is 2.60. The van der Waals surface area contributed by atoms with E-state index in [9.17, 15) is 0 Å². The van der Waals surface area contributed by atoms with E-state index in [0.717, 1.165) is 11.8 Å². The topological polar surface area (TPSA) is 0 Å². The van der Waals surface area contributed by atoms with Crippen molar-refractivity contribution in [1.29, 1.82) is 0 Å². The van der Waals surface area contributed by atoms with Crippen LogP contribution in [0.3, 0.4) is 0 Å². The summed E-state index contributed by atoms with van der Waals surface area (Å²) in [6.07, 6.45) is 12.3. The second-order valence-corrected chi connectivity index (χ2v) is 5.01. The van der Waals surface area contributed by atoms with Gasteiger partial charge in [-0.15, -0.1) is 0 Å². The van der Waals surface area contributed by atoms with E-state index in [1.54, 1.807) is 0 Å². The van der Waals surface area contributed by atoms with E-state index in [1.165, 1.54) is 32.1 Å². The average molecular weight is 158 g/mol. The fourth-order valence-corrected chi connectivity index (χ4v) is 3.42. The Balaban J connectivity index is 1.80. The van der Waals surface area contributed by atoms with Gasteiger partial charge in [0.25, 0.3) is 0 Å². The molecule has 0 nitrogen and oxygen atoms in total. The molecule has 3 atom stereocenters. The number of hydrogen-bond donors (Lipinski definition) is 0. The molecule has 62 valence electrons. The number of fused-ring (bicyclic) bond motifs is 2. The van der Waals surface area contributed by atoms with Crippen LogP contribution in [0.1, 0.15) is 32.1 Å². The predicted molar refractivity (Wildman–Crippen MR) is 48.7 cm³/mol. The van der Waals surface area contributed by atoms with Crippen LogP contribution in [0.5, 0.6) is 0 Å². The van der Waals surface area contributed by atoms with Crippen LogP contribution in [0.2, 0.25) is 0 Å². The molecule has 0 saturated heterocycles. The van der Waals surface area contributed by atoms with Crippen LogP contribution in [-0.2, 0) is 0 Å². The molecule has 12 heavy (non-hydrogen) atoms. The van der Waals surface area contributed by atoms with Gasteiger partial charge in [0.1, 0.15) is 0 Å². The van der Waals surface area contributed by atoms with Gasteiger partial charge in [0.15, 0.2) is 0 Å². The van der Waals surface area contributed by atoms with E-state index in [1.807, 2.05) is 11.1 Å². The highest BCUT2D eigenvalue weighted by molar-refractivity contribution is 5.49. The first-order chi connectivity index (χ1) is 5.90. The summed E-state index contributed by atoms with van der Waals surface area (Å²) in [4.78, 5) is 0. The Bertz CT molecular complexity index is 321. The van der Waals surface area contributed by atoms with Crippen molar-refractivity contribution in [3.05, 3.63) is 23.3 Å². The summed E-state index contributed by atoms with van der Waals surface area (Å²) in [5.74, 6) is 2.04. The maximum atomic E-state index is 2.49. The van der Waals surface area contributed by atoms with Crippen molar-refractivity contribution in [3.63, 3.8) is 0 Å². The van der Waals surface area contributed by atoms with Crippen molar-refractivity contribution in [1.82, 2.24) is 0 Å². The molecule has 4 rings (SSSR count). The van der Waals surface area contributed by atoms with Crippen LogP contribution < -0.4 is 0 Å². The first-order valence-electron chi connectivity index (χ1n) is 5.32. The van der Waals surface area contributed by atoms with E-state index in [2.05, 4.69) is 12.2 Å². The van der Waals surface area contributed by atoms with E-state index >= 15 is 0 Å². The predicted octanol–water partition coefficient (Wildman–Crippen LogP) is 3.06. The summed E-state index contributed by atoms with van der Waals surface area (Å²) in [5, 5.41) is 0. The van der Waals surface area contributed by atoms with Crippen LogP contribution in [0.25, 0.3) is 0 Å². The molecule has 2 fully saturated rings. The first-order valence-corrected chi connectivity index (χ1v) is 5.32. The van der Waals surface area contributed by atoms with Crippen LogP contribution >= 0.6 is 0 Å². The quantitative estimate of drug-likeness (QED) is 0.514. The van der Waals surface area contributed by atoms with Gasteiger partial charge in [0.2, 0.25) is 0 Å². The molecule has 2 saturated carbocycles. The SMILES string of the molecule is C1=CC2(C3=C4CC4CCC3)CC12. The standard InChI is InChI=1S/C12H14/c1-2-8-6-10(8)11(3-1)12-5-4-9(12)7-12/h4-5,8-9H,1-3,6-7H2. The van der Waals surface area contributed by atoms with E-state index in [4.69, 9.17) is 0 Å². The maximum Gasteiger partial charge on any atom is 0.0163 e. The minimum atomic E-state index is 0.671. The molecule has 0 heterocycles. The molecule has 0 aliphatic heterocycles. The van der Waals surface area contributed by atoms with Crippen molar-refractivity contribution >= 4 is 0 Å². The van der Waals surface area contributed by atoms with Gasteiger partial charge in [-0.25, -0.2) is 0 Å². The first kappa shape index (κ1) is 6.01. The number of hydrogen-bond acceptors (Lipinski definition) is 0. The molecule has 0 bridgehead atoms. The zero-order chi connectivity index (χ0) is 7.76. The van der Waals surface area contributed by atoms with Gasteiger partial charge in [-0.05, 0) is 43.9 Å². The third-order valence-corrected chi connectivity index (χ3v) is 4.41. The fourth-order valence-electron chi connectivity index (χ4n) is 3.42. The van der Waals surface area contributed by atoms with Gasteiger partial charge in [0.05, 0.1) is 0 Å². The lowest BCUT2D eigenvalue weighted by Crippen LogP contribution is -2.12. The summed E-state index contributed by atoms with van der Waals surface area (Å²) < 4.78 is 0. The Labute approximate surface area is 73.4 Å². The van der Waals surface area contributed by atoms with Crippen LogP contribution in [0.15, 0.2) is 23.3 Å². The minimum Gasteiger partial charge on any atom is -0.0833 e. The fraction of sp³-hybridized carbons (Fsp3) is 0.667. The molecule has 0 aromatic rings. The molecule has 0 heteroatoms. The molecule has 0 aromatic heterocycles. The molecule has 4 aliphatic rings. The van der Waals surface area contributed by atoms with Gasteiger partial charge < -0.3 is 0 Å². The Kier molecular flexibility index (Phi) is 0.788. The van der Waals surface area contributed by atoms with E-state index < -0.39 is 0 Å². The molecular formula is C12H14. The van der Waals surface area contributed by atoms with Crippen LogP contribution in [0, 0.1) is 17.3 Å². The number of rotatable bonds is 1. The van der Waals surface area contributed by atoms with Crippen LogP contribution in [-0.4, -0.2) is 0 Å². The van der Waals surface area contributed by atoms with Crippen molar-refractivity contribution < 1.29 is 0 Å². The zero-order valence-corrected chi connectivity index (χ0v) is 7.34. The second kappa shape index (κ2) is 1.57. The van der Waals surface area contributed by atoms with E-state index in [0.29, 0.717) is 5.41 Å². The van der Waals surface area contributed by atoms with E-state index in [-0.39, 0.29) is 0 Å². The van der Waals surface area contributed by atoms with Gasteiger partial charge in [0, 0.05) is 5.41 Å². The molecule has 3 unspecified atom stereocenters. The third-order valence-electron chi connectivity index (χ3n) is 4.41. The highest BCUT2D eigenvalue weighted by atomic mass is 14.6. The normalized spacial score (nSPS) is 52.7. The lowest BCUT2D eigenvalue weighted by atomic mass is 9.80. The summed E-state index contributed by atoms with van der Waals surface area (Å²) in [6, 6.07) is 0. The molecule has 0 amide bonds. The summed E-state index contributed by atoms with van der Waals surface area (Å²) in [7, 11) is 0. The summed E-state index contributed by atoms with van der Waals surface area (Å²) in [6.45, 7) is 0. The Morgan fingerprint density at radius 1 is 1.42 bits per heavy atom. The lowest BCUT2D eigenvalue weighted by Gasteiger charge is -2.24. The summed E-state index contributed by atoms with van der Waals surface area (Å²) in [5.41, 5.74) is 4.45. The second-order valence-electron chi connectivity index (χ2n) is 5.01. The average Bonchev–Trinajstić information content (AvgIpc) is 2.90. The molecule has 0 N–H and O–H groups in total. The molecular weight excluding hydrogens is 144 g/mol. The molecule has 4 aliphatic carbocycles. The van der Waals surface area contributed by atoms with Gasteiger partial charge >= 0.3 is 0 Å². The van der Waals surface area contributed by atoms with Crippen molar-refractivity contribution in [2.24, 2.45) is 17.3 Å². The van der Waals surface area contributed by atoms with Gasteiger partial charge in [-0.2, -0.15) is 0 Å². The summed E-state index contributed by atoms with van der Waals surface area (Å²) >= 11 is 0. The Morgan fingerprint density at radius 2 is 2.42 bits per heavy atom. The molecule has 0 spiro atoms. The molecule has 0 aromatic carbocycles. The number of allylic oxidation sites excluding steroid dienone is 4.